The maximum Gasteiger partial charge on any atom is 0.303 e. The zero-order valence-corrected chi connectivity index (χ0v) is 9.20. The van der Waals surface area contributed by atoms with Crippen LogP contribution in [-0.2, 0) is 0 Å². The number of hydrogen-bond acceptors (Lipinski definition) is 5. The second-order valence-electron chi connectivity index (χ2n) is 3.82. The molecule has 88 valence electrons. The quantitative estimate of drug-likeness (QED) is 0.304. The summed E-state index contributed by atoms with van der Waals surface area (Å²) in [6.45, 7) is 0. The smallest absolute Gasteiger partial charge is 0.303 e. The van der Waals surface area contributed by atoms with Gasteiger partial charge in [0.25, 0.3) is 0 Å². The number of nitrogens with zero attached hydrogens (tertiary/aromatic N) is 3. The first-order valence-corrected chi connectivity index (χ1v) is 5.25. The molecule has 0 saturated carbocycles. The van der Waals surface area contributed by atoms with E-state index in [0.717, 1.165) is 5.39 Å². The van der Waals surface area contributed by atoms with Crippen molar-refractivity contribution < 1.29 is 4.92 Å². The number of nitro benzene ring substituents is 1. The third kappa shape index (κ3) is 1.29. The van der Waals surface area contributed by atoms with Crippen molar-refractivity contribution in [1.29, 1.82) is 0 Å². The molecular formula is C12H8N4O2. The van der Waals surface area contributed by atoms with Gasteiger partial charge in [0, 0.05) is 17.8 Å². The summed E-state index contributed by atoms with van der Waals surface area (Å²) in [4.78, 5) is 19.0. The standard InChI is InChI=1S/C12H8N4O2/c13-9-11-7(3-1-6-15-11)10-8(4-2-5-14-10)12(9)16(17)18/h1-6H,13H2. The number of nitrogens with two attached hydrogens (primary N) is 1. The van der Waals surface area contributed by atoms with Crippen LogP contribution in [0.2, 0.25) is 0 Å². The molecule has 6 nitrogen and oxygen atoms in total. The molecule has 0 radical (unpaired) electrons. The molecule has 1 aromatic carbocycles. The minimum Gasteiger partial charge on any atom is -0.391 e. The first kappa shape index (κ1) is 10.4. The number of aromatic nitrogens is 2. The van der Waals surface area contributed by atoms with Crippen molar-refractivity contribution in [2.75, 3.05) is 5.73 Å². The van der Waals surface area contributed by atoms with Gasteiger partial charge in [-0.25, -0.2) is 0 Å². The van der Waals surface area contributed by atoms with Gasteiger partial charge in [-0.1, -0.05) is 0 Å². The molecule has 2 aromatic heterocycles. The average molecular weight is 240 g/mol. The summed E-state index contributed by atoms with van der Waals surface area (Å²) >= 11 is 0. The van der Waals surface area contributed by atoms with Crippen LogP contribution in [0.25, 0.3) is 21.8 Å². The van der Waals surface area contributed by atoms with E-state index in [0.29, 0.717) is 16.4 Å². The molecule has 0 aliphatic carbocycles. The minimum absolute atomic E-state index is 0.0797. The lowest BCUT2D eigenvalue weighted by Gasteiger charge is -2.06. The van der Waals surface area contributed by atoms with Crippen LogP contribution < -0.4 is 5.73 Å². The second kappa shape index (κ2) is 3.63. The van der Waals surface area contributed by atoms with Crippen LogP contribution in [0.1, 0.15) is 0 Å². The molecule has 2 heterocycles. The Labute approximate surface area is 101 Å². The van der Waals surface area contributed by atoms with Crippen molar-refractivity contribution in [2.45, 2.75) is 0 Å². The first-order valence-electron chi connectivity index (χ1n) is 5.25. The van der Waals surface area contributed by atoms with Gasteiger partial charge >= 0.3 is 5.69 Å². The number of nitro groups is 1. The summed E-state index contributed by atoms with van der Waals surface area (Å²) < 4.78 is 0. The van der Waals surface area contributed by atoms with Crippen LogP contribution >= 0.6 is 0 Å². The number of nitrogen functional groups attached to an aromatic ring is 1. The van der Waals surface area contributed by atoms with Crippen molar-refractivity contribution in [3.8, 4) is 0 Å². The summed E-state index contributed by atoms with van der Waals surface area (Å²) in [6, 6.07) is 6.85. The zero-order valence-electron chi connectivity index (χ0n) is 9.20. The molecular weight excluding hydrogens is 232 g/mol. The fourth-order valence-corrected chi connectivity index (χ4v) is 2.08. The lowest BCUT2D eigenvalue weighted by molar-refractivity contribution is -0.382. The molecule has 0 aliphatic heterocycles. The first-order chi connectivity index (χ1) is 8.70. The van der Waals surface area contributed by atoms with Gasteiger partial charge in [-0.3, -0.25) is 20.1 Å². The number of hydrogen-bond donors (Lipinski definition) is 1. The normalized spacial score (nSPS) is 10.9. The van der Waals surface area contributed by atoms with Gasteiger partial charge in [-0.05, 0) is 24.3 Å². The van der Waals surface area contributed by atoms with Crippen LogP contribution in [0.4, 0.5) is 11.4 Å². The molecule has 2 N–H and O–H groups in total. The van der Waals surface area contributed by atoms with Gasteiger partial charge in [0.05, 0.1) is 15.8 Å². The maximum atomic E-state index is 11.1. The number of anilines is 1. The fourth-order valence-electron chi connectivity index (χ4n) is 2.08. The van der Waals surface area contributed by atoms with E-state index in [4.69, 9.17) is 5.73 Å². The third-order valence-electron chi connectivity index (χ3n) is 2.82. The molecule has 0 spiro atoms. The van der Waals surface area contributed by atoms with Gasteiger partial charge in [0.2, 0.25) is 0 Å². The van der Waals surface area contributed by atoms with Crippen molar-refractivity contribution in [3.05, 3.63) is 46.8 Å². The molecule has 3 aromatic rings. The molecule has 0 aliphatic rings. The summed E-state index contributed by atoms with van der Waals surface area (Å²) in [5, 5.41) is 12.3. The van der Waals surface area contributed by atoms with E-state index >= 15 is 0 Å². The molecule has 0 bridgehead atoms. The highest BCUT2D eigenvalue weighted by molar-refractivity contribution is 6.14. The van der Waals surface area contributed by atoms with Gasteiger partial charge in [0.15, 0.2) is 0 Å². The third-order valence-corrected chi connectivity index (χ3v) is 2.82. The van der Waals surface area contributed by atoms with Gasteiger partial charge < -0.3 is 5.73 Å². The zero-order chi connectivity index (χ0) is 12.7. The van der Waals surface area contributed by atoms with E-state index in [2.05, 4.69) is 9.97 Å². The molecule has 6 heteroatoms. The summed E-state index contributed by atoms with van der Waals surface area (Å²) in [7, 11) is 0. The highest BCUT2D eigenvalue weighted by Crippen LogP contribution is 2.37. The van der Waals surface area contributed by atoms with E-state index in [9.17, 15) is 10.1 Å². The Balaban J connectivity index is 2.66. The van der Waals surface area contributed by atoms with Crippen LogP contribution in [0, 0.1) is 10.1 Å². The van der Waals surface area contributed by atoms with E-state index < -0.39 is 4.92 Å². The number of fused-ring (bicyclic) bond motifs is 3. The minimum atomic E-state index is -0.493. The molecule has 18 heavy (non-hydrogen) atoms. The van der Waals surface area contributed by atoms with Gasteiger partial charge in [0.1, 0.15) is 11.2 Å². The Kier molecular flexibility index (Phi) is 2.09. The van der Waals surface area contributed by atoms with E-state index in [-0.39, 0.29) is 11.4 Å². The summed E-state index contributed by atoms with van der Waals surface area (Å²) in [6.07, 6.45) is 3.14. The monoisotopic (exact) mass is 240 g/mol. The lowest BCUT2D eigenvalue weighted by Crippen LogP contribution is -2.00. The van der Waals surface area contributed by atoms with Crippen LogP contribution in [0.3, 0.4) is 0 Å². The van der Waals surface area contributed by atoms with Gasteiger partial charge in [-0.2, -0.15) is 0 Å². The van der Waals surface area contributed by atoms with E-state index in [1.807, 2.05) is 0 Å². The highest BCUT2D eigenvalue weighted by atomic mass is 16.6. The van der Waals surface area contributed by atoms with Crippen molar-refractivity contribution in [1.82, 2.24) is 9.97 Å². The maximum absolute atomic E-state index is 11.1. The van der Waals surface area contributed by atoms with Crippen LogP contribution in [0.5, 0.6) is 0 Å². The predicted molar refractivity (Wildman–Crippen MR) is 68.1 cm³/mol. The SMILES string of the molecule is Nc1c([N+](=O)[O-])c2cccnc2c2cccnc12. The Bertz CT molecular complexity index is 785. The van der Waals surface area contributed by atoms with E-state index in [1.54, 1.807) is 36.7 Å². The van der Waals surface area contributed by atoms with Crippen molar-refractivity contribution >= 4 is 33.2 Å². The molecule has 0 atom stereocenters. The van der Waals surface area contributed by atoms with Gasteiger partial charge in [-0.15, -0.1) is 0 Å². The molecule has 3 rings (SSSR count). The van der Waals surface area contributed by atoms with Crippen molar-refractivity contribution in [2.24, 2.45) is 0 Å². The Hall–Kier alpha value is -2.76. The Morgan fingerprint density at radius 3 is 2.33 bits per heavy atom. The van der Waals surface area contributed by atoms with Crippen LogP contribution in [-0.4, -0.2) is 14.9 Å². The van der Waals surface area contributed by atoms with Crippen molar-refractivity contribution in [3.63, 3.8) is 0 Å². The molecule has 0 fully saturated rings. The average Bonchev–Trinajstić information content (AvgIpc) is 2.39. The Morgan fingerprint density at radius 1 is 1.06 bits per heavy atom. The summed E-state index contributed by atoms with van der Waals surface area (Å²) in [5.74, 6) is 0. The fraction of sp³-hybridized carbons (Fsp3) is 0. The second-order valence-corrected chi connectivity index (χ2v) is 3.82. The molecule has 0 saturated heterocycles. The lowest BCUT2D eigenvalue weighted by atomic mass is 10.1. The topological polar surface area (TPSA) is 94.9 Å². The molecule has 0 unspecified atom stereocenters. The largest absolute Gasteiger partial charge is 0.391 e. The number of benzene rings is 1. The van der Waals surface area contributed by atoms with Crippen LogP contribution in [0.15, 0.2) is 36.7 Å². The summed E-state index contributed by atoms with van der Waals surface area (Å²) in [5.41, 5.74) is 6.75. The number of pyridine rings is 2. The van der Waals surface area contributed by atoms with E-state index in [1.165, 1.54) is 0 Å². The number of rotatable bonds is 1. The predicted octanol–water partition coefficient (Wildman–Crippen LogP) is 2.27. The molecule has 0 amide bonds. The Morgan fingerprint density at radius 2 is 1.67 bits per heavy atom. The highest BCUT2D eigenvalue weighted by Gasteiger charge is 2.21.